The lowest BCUT2D eigenvalue weighted by Crippen LogP contribution is -2.26. The summed E-state index contributed by atoms with van der Waals surface area (Å²) in [6.45, 7) is 0.654. The Balaban J connectivity index is 1.63. The molecule has 0 spiro atoms. The first-order valence-corrected chi connectivity index (χ1v) is 9.56. The van der Waals surface area contributed by atoms with E-state index in [-0.39, 0.29) is 0 Å². The Labute approximate surface area is 164 Å². The maximum atomic E-state index is 5.66. The van der Waals surface area contributed by atoms with Crippen molar-refractivity contribution in [3.63, 3.8) is 0 Å². The van der Waals surface area contributed by atoms with Gasteiger partial charge in [-0.15, -0.1) is 0 Å². The van der Waals surface area contributed by atoms with Gasteiger partial charge in [-0.05, 0) is 55.4 Å². The first-order chi connectivity index (χ1) is 13.1. The van der Waals surface area contributed by atoms with Gasteiger partial charge in [-0.1, -0.05) is 36.4 Å². The SMILES string of the molecule is COc1ccccc1-c1nn(CN(C)C2CCc3ccccc32)c(=S)n1C. The topological polar surface area (TPSA) is 35.2 Å². The largest absolute Gasteiger partial charge is 0.496 e. The van der Waals surface area contributed by atoms with Crippen LogP contribution in [-0.4, -0.2) is 33.4 Å². The quantitative estimate of drug-likeness (QED) is 0.622. The Morgan fingerprint density at radius 1 is 1.19 bits per heavy atom. The first-order valence-electron chi connectivity index (χ1n) is 9.15. The fourth-order valence-electron chi connectivity index (χ4n) is 3.95. The summed E-state index contributed by atoms with van der Waals surface area (Å²) < 4.78 is 10.0. The van der Waals surface area contributed by atoms with Gasteiger partial charge in [-0.25, -0.2) is 4.68 Å². The molecule has 6 heteroatoms. The molecule has 0 saturated carbocycles. The molecule has 27 heavy (non-hydrogen) atoms. The lowest BCUT2D eigenvalue weighted by Gasteiger charge is -2.24. The zero-order valence-corrected chi connectivity index (χ0v) is 16.7. The van der Waals surface area contributed by atoms with Crippen LogP contribution < -0.4 is 4.74 Å². The Bertz CT molecular complexity index is 1020. The summed E-state index contributed by atoms with van der Waals surface area (Å²) in [6.07, 6.45) is 2.26. The summed E-state index contributed by atoms with van der Waals surface area (Å²) in [6, 6.07) is 17.0. The number of benzene rings is 2. The molecule has 0 bridgehead atoms. The Kier molecular flexibility index (Phi) is 4.85. The zero-order valence-electron chi connectivity index (χ0n) is 15.9. The van der Waals surface area contributed by atoms with Gasteiger partial charge in [-0.3, -0.25) is 4.90 Å². The number of nitrogens with zero attached hydrogens (tertiary/aromatic N) is 4. The van der Waals surface area contributed by atoms with Crippen LogP contribution in [0.2, 0.25) is 0 Å². The molecular formula is C21H24N4OS. The summed E-state index contributed by atoms with van der Waals surface area (Å²) in [7, 11) is 5.78. The highest BCUT2D eigenvalue weighted by Crippen LogP contribution is 2.35. The van der Waals surface area contributed by atoms with Gasteiger partial charge in [-0.2, -0.15) is 5.10 Å². The van der Waals surface area contributed by atoms with E-state index >= 15 is 0 Å². The van der Waals surface area contributed by atoms with E-state index in [9.17, 15) is 0 Å². The van der Waals surface area contributed by atoms with E-state index in [2.05, 4.69) is 36.2 Å². The molecule has 1 atom stereocenters. The molecule has 5 nitrogen and oxygen atoms in total. The van der Waals surface area contributed by atoms with Crippen molar-refractivity contribution in [2.45, 2.75) is 25.6 Å². The van der Waals surface area contributed by atoms with Crippen LogP contribution in [0.3, 0.4) is 0 Å². The van der Waals surface area contributed by atoms with Crippen LogP contribution >= 0.6 is 12.2 Å². The van der Waals surface area contributed by atoms with Gasteiger partial charge in [0.15, 0.2) is 10.6 Å². The normalized spacial score (nSPS) is 15.9. The number of rotatable bonds is 5. The second-order valence-corrected chi connectivity index (χ2v) is 7.38. The minimum atomic E-state index is 0.403. The molecule has 4 rings (SSSR count). The Morgan fingerprint density at radius 2 is 1.93 bits per heavy atom. The molecule has 1 unspecified atom stereocenters. The highest BCUT2D eigenvalue weighted by molar-refractivity contribution is 7.71. The monoisotopic (exact) mass is 380 g/mol. The molecule has 1 aliphatic rings. The number of para-hydroxylation sites is 1. The molecular weight excluding hydrogens is 356 g/mol. The van der Waals surface area contributed by atoms with E-state index in [0.717, 1.165) is 30.0 Å². The number of ether oxygens (including phenoxy) is 1. The highest BCUT2D eigenvalue weighted by atomic mass is 32.1. The van der Waals surface area contributed by atoms with Gasteiger partial charge in [0.05, 0.1) is 19.3 Å². The van der Waals surface area contributed by atoms with E-state index in [4.69, 9.17) is 22.1 Å². The second kappa shape index (κ2) is 7.29. The van der Waals surface area contributed by atoms with Crippen molar-refractivity contribution in [2.24, 2.45) is 7.05 Å². The average molecular weight is 381 g/mol. The van der Waals surface area contributed by atoms with Crippen molar-refractivity contribution in [1.29, 1.82) is 0 Å². The fourth-order valence-corrected chi connectivity index (χ4v) is 4.13. The van der Waals surface area contributed by atoms with Crippen LogP contribution in [-0.2, 0) is 20.1 Å². The number of aromatic nitrogens is 3. The van der Waals surface area contributed by atoms with Gasteiger partial charge in [0.25, 0.3) is 0 Å². The van der Waals surface area contributed by atoms with Gasteiger partial charge in [0.2, 0.25) is 0 Å². The molecule has 1 heterocycles. The van der Waals surface area contributed by atoms with Crippen LogP contribution in [0.15, 0.2) is 48.5 Å². The molecule has 0 N–H and O–H groups in total. The lowest BCUT2D eigenvalue weighted by atomic mass is 10.1. The van der Waals surface area contributed by atoms with Crippen LogP contribution in [0.4, 0.5) is 0 Å². The molecule has 3 aromatic rings. The van der Waals surface area contributed by atoms with Crippen molar-refractivity contribution in [3.05, 3.63) is 64.4 Å². The fraction of sp³-hybridized carbons (Fsp3) is 0.333. The van der Waals surface area contributed by atoms with Crippen molar-refractivity contribution in [1.82, 2.24) is 19.2 Å². The summed E-state index contributed by atoms with van der Waals surface area (Å²) in [5.41, 5.74) is 3.82. The molecule has 2 aromatic carbocycles. The number of aryl methyl sites for hydroxylation is 1. The van der Waals surface area contributed by atoms with E-state index in [1.54, 1.807) is 7.11 Å². The third kappa shape index (κ3) is 3.19. The van der Waals surface area contributed by atoms with Crippen molar-refractivity contribution in [2.75, 3.05) is 14.2 Å². The van der Waals surface area contributed by atoms with Crippen LogP contribution in [0.25, 0.3) is 11.4 Å². The second-order valence-electron chi connectivity index (χ2n) is 7.02. The molecule has 0 aliphatic heterocycles. The van der Waals surface area contributed by atoms with Gasteiger partial charge in [0, 0.05) is 13.1 Å². The predicted octanol–water partition coefficient (Wildman–Crippen LogP) is 4.20. The Morgan fingerprint density at radius 3 is 2.74 bits per heavy atom. The summed E-state index contributed by atoms with van der Waals surface area (Å²) in [5, 5.41) is 4.81. The number of hydrogen-bond donors (Lipinski definition) is 0. The van der Waals surface area contributed by atoms with Gasteiger partial charge < -0.3 is 9.30 Å². The summed E-state index contributed by atoms with van der Waals surface area (Å²) >= 11 is 5.66. The average Bonchev–Trinajstić information content (AvgIpc) is 3.25. The van der Waals surface area contributed by atoms with Crippen LogP contribution in [0.1, 0.15) is 23.6 Å². The van der Waals surface area contributed by atoms with E-state index in [1.807, 2.05) is 40.6 Å². The number of methoxy groups -OCH3 is 1. The maximum Gasteiger partial charge on any atom is 0.199 e. The zero-order chi connectivity index (χ0) is 19.0. The van der Waals surface area contributed by atoms with Gasteiger partial charge >= 0.3 is 0 Å². The van der Waals surface area contributed by atoms with E-state index in [1.165, 1.54) is 11.1 Å². The molecule has 0 saturated heterocycles. The maximum absolute atomic E-state index is 5.66. The van der Waals surface area contributed by atoms with Crippen molar-refractivity contribution in [3.8, 4) is 17.1 Å². The molecule has 140 valence electrons. The molecule has 0 fully saturated rings. The van der Waals surface area contributed by atoms with E-state index in [0.29, 0.717) is 17.5 Å². The van der Waals surface area contributed by atoms with Crippen LogP contribution in [0.5, 0.6) is 5.75 Å². The minimum absolute atomic E-state index is 0.403. The molecule has 1 aromatic heterocycles. The third-order valence-corrected chi connectivity index (χ3v) is 5.86. The van der Waals surface area contributed by atoms with Crippen LogP contribution in [0, 0.1) is 4.77 Å². The molecule has 0 radical (unpaired) electrons. The lowest BCUT2D eigenvalue weighted by molar-refractivity contribution is 0.182. The minimum Gasteiger partial charge on any atom is -0.496 e. The standard InChI is InChI=1S/C21H24N4OS/c1-23(18-13-12-15-8-4-5-9-16(15)18)14-25-21(27)24(2)20(22-25)17-10-6-7-11-19(17)26-3/h4-11,18H,12-14H2,1-3H3. The highest BCUT2D eigenvalue weighted by Gasteiger charge is 2.26. The molecule has 1 aliphatic carbocycles. The smallest absolute Gasteiger partial charge is 0.199 e. The summed E-state index contributed by atoms with van der Waals surface area (Å²) in [4.78, 5) is 2.33. The Hall–Kier alpha value is -2.44. The first kappa shape index (κ1) is 17.9. The van der Waals surface area contributed by atoms with Crippen molar-refractivity contribution < 1.29 is 4.74 Å². The molecule has 0 amide bonds. The summed E-state index contributed by atoms with van der Waals surface area (Å²) in [5.74, 6) is 1.61. The van der Waals surface area contributed by atoms with E-state index < -0.39 is 0 Å². The number of hydrogen-bond acceptors (Lipinski definition) is 4. The predicted molar refractivity (Wildman–Crippen MR) is 109 cm³/mol. The van der Waals surface area contributed by atoms with Crippen molar-refractivity contribution >= 4 is 12.2 Å². The number of fused-ring (bicyclic) bond motifs is 1. The third-order valence-electron chi connectivity index (χ3n) is 5.38. The van der Waals surface area contributed by atoms with Gasteiger partial charge in [0.1, 0.15) is 5.75 Å².